The smallest absolute Gasteiger partial charge is 0.331 e. The van der Waals surface area contributed by atoms with E-state index in [4.69, 9.17) is 4.74 Å². The van der Waals surface area contributed by atoms with Crippen molar-refractivity contribution in [1.82, 2.24) is 5.32 Å². The second-order valence-electron chi connectivity index (χ2n) is 6.32. The van der Waals surface area contributed by atoms with Crippen LogP contribution in [0, 0.1) is 11.8 Å². The number of carboxylic acids is 1. The predicted molar refractivity (Wildman–Crippen MR) is 74.3 cm³/mol. The van der Waals surface area contributed by atoms with Crippen LogP contribution in [0.4, 0.5) is 0 Å². The normalized spacial score (nSPS) is 29.1. The molecular weight excluding hydrogens is 258 g/mol. The van der Waals surface area contributed by atoms with E-state index in [9.17, 15) is 14.7 Å². The summed E-state index contributed by atoms with van der Waals surface area (Å²) in [5.74, 6) is -0.656. The Morgan fingerprint density at radius 3 is 2.60 bits per heavy atom. The second kappa shape index (κ2) is 6.57. The molecule has 0 aromatic rings. The Bertz CT molecular complexity index is 357. The molecule has 0 bridgehead atoms. The van der Waals surface area contributed by atoms with Crippen molar-refractivity contribution in [3.05, 3.63) is 0 Å². The predicted octanol–water partition coefficient (Wildman–Crippen LogP) is 1.95. The number of amides is 1. The summed E-state index contributed by atoms with van der Waals surface area (Å²) >= 11 is 0. The van der Waals surface area contributed by atoms with Gasteiger partial charge in [-0.3, -0.25) is 4.79 Å². The lowest BCUT2D eigenvalue weighted by Crippen LogP contribution is -2.56. The third-order valence-electron chi connectivity index (χ3n) is 4.65. The number of carboxylic acid groups (broad SMARTS) is 1. The van der Waals surface area contributed by atoms with Gasteiger partial charge in [0, 0.05) is 18.9 Å². The first-order chi connectivity index (χ1) is 9.53. The van der Waals surface area contributed by atoms with Gasteiger partial charge in [-0.1, -0.05) is 39.0 Å². The van der Waals surface area contributed by atoms with Gasteiger partial charge in [0.25, 0.3) is 0 Å². The number of ether oxygens (including phenoxy) is 1. The van der Waals surface area contributed by atoms with Gasteiger partial charge in [0.1, 0.15) is 0 Å². The van der Waals surface area contributed by atoms with E-state index in [2.05, 4.69) is 5.32 Å². The van der Waals surface area contributed by atoms with Crippen LogP contribution in [0.3, 0.4) is 0 Å². The zero-order chi connectivity index (χ0) is 14.6. The second-order valence-corrected chi connectivity index (χ2v) is 6.32. The Morgan fingerprint density at radius 1 is 1.35 bits per heavy atom. The number of aliphatic carboxylic acids is 1. The molecule has 0 aromatic heterocycles. The quantitative estimate of drug-likeness (QED) is 0.808. The molecule has 114 valence electrons. The van der Waals surface area contributed by atoms with Gasteiger partial charge in [0.05, 0.1) is 6.61 Å². The average Bonchev–Trinajstić information content (AvgIpc) is 2.89. The fourth-order valence-electron chi connectivity index (χ4n) is 3.27. The zero-order valence-corrected chi connectivity index (χ0v) is 12.2. The summed E-state index contributed by atoms with van der Waals surface area (Å²) in [5.41, 5.74) is -1.21. The van der Waals surface area contributed by atoms with Gasteiger partial charge in [-0.25, -0.2) is 4.79 Å². The largest absolute Gasteiger partial charge is 0.479 e. The first-order valence-corrected chi connectivity index (χ1v) is 7.67. The van der Waals surface area contributed by atoms with Gasteiger partial charge >= 0.3 is 5.97 Å². The molecule has 1 amide bonds. The van der Waals surface area contributed by atoms with Crippen molar-refractivity contribution >= 4 is 11.9 Å². The minimum Gasteiger partial charge on any atom is -0.479 e. The topological polar surface area (TPSA) is 75.6 Å². The molecule has 5 nitrogen and oxygen atoms in total. The van der Waals surface area contributed by atoms with Crippen molar-refractivity contribution < 1.29 is 19.4 Å². The summed E-state index contributed by atoms with van der Waals surface area (Å²) in [6.45, 7) is 2.36. The van der Waals surface area contributed by atoms with E-state index >= 15 is 0 Å². The molecule has 2 unspecified atom stereocenters. The highest BCUT2D eigenvalue weighted by Gasteiger charge is 2.44. The minimum absolute atomic E-state index is 0.0736. The summed E-state index contributed by atoms with van der Waals surface area (Å²) in [5, 5.41) is 12.0. The van der Waals surface area contributed by atoms with Gasteiger partial charge in [0.2, 0.25) is 5.91 Å². The molecule has 2 fully saturated rings. The van der Waals surface area contributed by atoms with E-state index in [-0.39, 0.29) is 18.4 Å². The van der Waals surface area contributed by atoms with E-state index < -0.39 is 11.5 Å². The van der Waals surface area contributed by atoms with Gasteiger partial charge in [-0.2, -0.15) is 0 Å². The molecule has 1 heterocycles. The highest BCUT2D eigenvalue weighted by atomic mass is 16.5. The highest BCUT2D eigenvalue weighted by Crippen LogP contribution is 2.29. The van der Waals surface area contributed by atoms with Gasteiger partial charge in [0.15, 0.2) is 5.54 Å². The zero-order valence-electron chi connectivity index (χ0n) is 12.2. The van der Waals surface area contributed by atoms with Crippen LogP contribution in [0.2, 0.25) is 0 Å². The van der Waals surface area contributed by atoms with E-state index in [1.807, 2.05) is 6.92 Å². The number of carbonyl (C=O) groups is 2. The van der Waals surface area contributed by atoms with E-state index in [0.717, 1.165) is 6.42 Å². The maximum absolute atomic E-state index is 12.3. The number of hydrogen-bond acceptors (Lipinski definition) is 3. The van der Waals surface area contributed by atoms with E-state index in [0.29, 0.717) is 18.9 Å². The fourth-order valence-corrected chi connectivity index (χ4v) is 3.27. The molecule has 1 saturated carbocycles. The Labute approximate surface area is 120 Å². The molecule has 0 radical (unpaired) electrons. The molecule has 0 aromatic carbocycles. The van der Waals surface area contributed by atoms with Crippen molar-refractivity contribution in [2.45, 2.75) is 57.4 Å². The molecule has 1 aliphatic heterocycles. The van der Waals surface area contributed by atoms with Crippen LogP contribution in [0.1, 0.15) is 51.9 Å². The maximum Gasteiger partial charge on any atom is 0.331 e. The number of hydrogen-bond donors (Lipinski definition) is 2. The maximum atomic E-state index is 12.3. The summed E-state index contributed by atoms with van der Waals surface area (Å²) in [6, 6.07) is 0. The van der Waals surface area contributed by atoms with Gasteiger partial charge in [-0.15, -0.1) is 0 Å². The monoisotopic (exact) mass is 283 g/mol. The van der Waals surface area contributed by atoms with Gasteiger partial charge < -0.3 is 15.2 Å². The number of carbonyl (C=O) groups excluding carboxylic acids is 1. The Kier molecular flexibility index (Phi) is 5.02. The summed E-state index contributed by atoms with van der Waals surface area (Å²) in [4.78, 5) is 23.6. The van der Waals surface area contributed by atoms with Crippen LogP contribution in [0.25, 0.3) is 0 Å². The molecule has 1 saturated heterocycles. The van der Waals surface area contributed by atoms with Crippen molar-refractivity contribution in [3.8, 4) is 0 Å². The molecule has 2 aliphatic rings. The van der Waals surface area contributed by atoms with Crippen LogP contribution in [0.15, 0.2) is 0 Å². The molecule has 1 aliphatic carbocycles. The third-order valence-corrected chi connectivity index (χ3v) is 4.65. The van der Waals surface area contributed by atoms with Crippen LogP contribution < -0.4 is 5.32 Å². The first kappa shape index (κ1) is 15.3. The minimum atomic E-state index is -1.21. The molecule has 2 N–H and O–H groups in total. The van der Waals surface area contributed by atoms with Crippen LogP contribution >= 0.6 is 0 Å². The van der Waals surface area contributed by atoms with E-state index in [1.54, 1.807) is 0 Å². The van der Waals surface area contributed by atoms with Crippen molar-refractivity contribution in [1.29, 1.82) is 0 Å². The number of rotatable bonds is 5. The standard InChI is InChI=1S/C15H25NO4/c1-11(9-12-5-3-2-4-6-12)13(17)16-15(14(18)19)7-8-20-10-15/h11-12H,2-10H2,1H3,(H,16,17)(H,18,19). The summed E-state index contributed by atoms with van der Waals surface area (Å²) in [7, 11) is 0. The third kappa shape index (κ3) is 3.51. The Morgan fingerprint density at radius 2 is 2.05 bits per heavy atom. The lowest BCUT2D eigenvalue weighted by atomic mass is 9.83. The average molecular weight is 283 g/mol. The Balaban J connectivity index is 1.87. The van der Waals surface area contributed by atoms with Crippen molar-refractivity contribution in [2.24, 2.45) is 11.8 Å². The van der Waals surface area contributed by atoms with Crippen LogP contribution in [0.5, 0.6) is 0 Å². The lowest BCUT2D eigenvalue weighted by Gasteiger charge is -2.28. The molecular formula is C15H25NO4. The van der Waals surface area contributed by atoms with Crippen molar-refractivity contribution in [2.75, 3.05) is 13.2 Å². The molecule has 20 heavy (non-hydrogen) atoms. The summed E-state index contributed by atoms with van der Waals surface area (Å²) < 4.78 is 5.16. The molecule has 2 atom stereocenters. The lowest BCUT2D eigenvalue weighted by molar-refractivity contribution is -0.148. The SMILES string of the molecule is CC(CC1CCCCC1)C(=O)NC1(C(=O)O)CCOC1. The highest BCUT2D eigenvalue weighted by molar-refractivity contribution is 5.88. The first-order valence-electron chi connectivity index (χ1n) is 7.67. The van der Waals surface area contributed by atoms with Crippen LogP contribution in [-0.2, 0) is 14.3 Å². The summed E-state index contributed by atoms with van der Waals surface area (Å²) in [6.07, 6.45) is 7.43. The fraction of sp³-hybridized carbons (Fsp3) is 0.867. The number of nitrogens with one attached hydrogen (secondary N) is 1. The Hall–Kier alpha value is -1.10. The molecule has 0 spiro atoms. The van der Waals surface area contributed by atoms with Crippen molar-refractivity contribution in [3.63, 3.8) is 0 Å². The van der Waals surface area contributed by atoms with Crippen LogP contribution in [-0.4, -0.2) is 35.7 Å². The van der Waals surface area contributed by atoms with Gasteiger partial charge in [-0.05, 0) is 12.3 Å². The van der Waals surface area contributed by atoms with E-state index in [1.165, 1.54) is 32.1 Å². The molecule has 5 heteroatoms. The molecule has 2 rings (SSSR count).